The van der Waals surface area contributed by atoms with E-state index in [0.29, 0.717) is 19.5 Å². The van der Waals surface area contributed by atoms with Crippen LogP contribution in [0.2, 0.25) is 0 Å². The number of carbonyl (C=O) groups is 2. The number of carboxylic acids is 1. The van der Waals surface area contributed by atoms with Gasteiger partial charge in [-0.1, -0.05) is 0 Å². The third kappa shape index (κ3) is 4.09. The van der Waals surface area contributed by atoms with Crippen LogP contribution in [0.5, 0.6) is 0 Å². The average Bonchev–Trinajstić information content (AvgIpc) is 2.94. The molecule has 120 valence electrons. The molecule has 2 aliphatic heterocycles. The lowest BCUT2D eigenvalue weighted by Gasteiger charge is -2.38. The molecule has 0 aromatic carbocycles. The highest BCUT2D eigenvalue weighted by Crippen LogP contribution is 2.26. The van der Waals surface area contributed by atoms with Crippen LogP contribution in [-0.2, 0) is 4.79 Å². The van der Waals surface area contributed by atoms with Crippen molar-refractivity contribution in [3.05, 3.63) is 0 Å². The zero-order chi connectivity index (χ0) is 15.4. The summed E-state index contributed by atoms with van der Waals surface area (Å²) >= 11 is 0. The SMILES string of the molecule is CC(O)C1CCN(C(=O)N2CCCCC2CCC(=O)O)C1. The highest BCUT2D eigenvalue weighted by atomic mass is 16.4. The van der Waals surface area contributed by atoms with Crippen molar-refractivity contribution < 1.29 is 19.8 Å². The third-order valence-electron chi connectivity index (χ3n) is 4.74. The number of aliphatic hydroxyl groups excluding tert-OH is 1. The molecule has 0 aromatic rings. The van der Waals surface area contributed by atoms with Crippen molar-refractivity contribution in [2.75, 3.05) is 19.6 Å². The maximum absolute atomic E-state index is 12.6. The number of likely N-dealkylation sites (tertiary alicyclic amines) is 2. The molecule has 2 heterocycles. The summed E-state index contributed by atoms with van der Waals surface area (Å²) in [7, 11) is 0. The lowest BCUT2D eigenvalue weighted by Crippen LogP contribution is -2.50. The highest BCUT2D eigenvalue weighted by molar-refractivity contribution is 5.75. The fourth-order valence-corrected chi connectivity index (χ4v) is 3.38. The van der Waals surface area contributed by atoms with E-state index >= 15 is 0 Å². The van der Waals surface area contributed by atoms with Gasteiger partial charge in [-0.3, -0.25) is 4.79 Å². The molecule has 0 saturated carbocycles. The summed E-state index contributed by atoms with van der Waals surface area (Å²) in [5, 5.41) is 18.5. The van der Waals surface area contributed by atoms with Crippen molar-refractivity contribution in [2.24, 2.45) is 5.92 Å². The molecule has 3 unspecified atom stereocenters. The minimum Gasteiger partial charge on any atom is -0.481 e. The highest BCUT2D eigenvalue weighted by Gasteiger charge is 2.35. The van der Waals surface area contributed by atoms with Gasteiger partial charge in [0.25, 0.3) is 0 Å². The van der Waals surface area contributed by atoms with E-state index in [0.717, 1.165) is 32.2 Å². The molecule has 2 rings (SSSR count). The van der Waals surface area contributed by atoms with Crippen LogP contribution in [0.25, 0.3) is 0 Å². The van der Waals surface area contributed by atoms with Gasteiger partial charge in [-0.2, -0.15) is 0 Å². The van der Waals surface area contributed by atoms with E-state index in [1.54, 1.807) is 6.92 Å². The molecular weight excluding hydrogens is 272 g/mol. The summed E-state index contributed by atoms with van der Waals surface area (Å²) in [6.07, 6.45) is 4.06. The Morgan fingerprint density at radius 1 is 1.24 bits per heavy atom. The van der Waals surface area contributed by atoms with E-state index in [4.69, 9.17) is 5.11 Å². The number of piperidine rings is 1. The Hall–Kier alpha value is -1.30. The predicted molar refractivity (Wildman–Crippen MR) is 78.0 cm³/mol. The van der Waals surface area contributed by atoms with Crippen LogP contribution in [0.1, 0.15) is 45.4 Å². The molecule has 2 fully saturated rings. The third-order valence-corrected chi connectivity index (χ3v) is 4.74. The first kappa shape index (κ1) is 16.1. The van der Waals surface area contributed by atoms with Crippen LogP contribution in [0.3, 0.4) is 0 Å². The van der Waals surface area contributed by atoms with E-state index in [2.05, 4.69) is 0 Å². The second-order valence-corrected chi connectivity index (χ2v) is 6.29. The zero-order valence-corrected chi connectivity index (χ0v) is 12.7. The topological polar surface area (TPSA) is 81.1 Å². The summed E-state index contributed by atoms with van der Waals surface area (Å²) in [5.41, 5.74) is 0. The molecule has 2 amide bonds. The van der Waals surface area contributed by atoms with Gasteiger partial charge in [0.15, 0.2) is 0 Å². The van der Waals surface area contributed by atoms with Gasteiger partial charge >= 0.3 is 12.0 Å². The number of hydrogen-bond donors (Lipinski definition) is 2. The average molecular weight is 298 g/mol. The summed E-state index contributed by atoms with van der Waals surface area (Å²) in [6.45, 7) is 3.80. The van der Waals surface area contributed by atoms with Crippen LogP contribution >= 0.6 is 0 Å². The molecule has 0 bridgehead atoms. The van der Waals surface area contributed by atoms with Crippen molar-refractivity contribution in [1.82, 2.24) is 9.80 Å². The van der Waals surface area contributed by atoms with Crippen LogP contribution in [0, 0.1) is 5.92 Å². The first-order chi connectivity index (χ1) is 9.99. The van der Waals surface area contributed by atoms with Crippen molar-refractivity contribution in [3.8, 4) is 0 Å². The molecule has 6 heteroatoms. The number of rotatable bonds is 4. The van der Waals surface area contributed by atoms with Crippen molar-refractivity contribution in [3.63, 3.8) is 0 Å². The number of nitrogens with zero attached hydrogens (tertiary/aromatic N) is 2. The molecular formula is C15H26N2O4. The fraction of sp³-hybridized carbons (Fsp3) is 0.867. The summed E-state index contributed by atoms with van der Waals surface area (Å²) in [6, 6.07) is 0.0705. The van der Waals surface area contributed by atoms with Gasteiger partial charge in [-0.05, 0) is 39.0 Å². The van der Waals surface area contributed by atoms with Gasteiger partial charge in [0, 0.05) is 38.0 Å². The molecule has 21 heavy (non-hydrogen) atoms. The first-order valence-electron chi connectivity index (χ1n) is 7.94. The lowest BCUT2D eigenvalue weighted by atomic mass is 9.98. The Morgan fingerprint density at radius 3 is 2.62 bits per heavy atom. The Bertz CT molecular complexity index is 386. The summed E-state index contributed by atoms with van der Waals surface area (Å²) in [4.78, 5) is 27.1. The maximum atomic E-state index is 12.6. The monoisotopic (exact) mass is 298 g/mol. The van der Waals surface area contributed by atoms with Crippen molar-refractivity contribution in [2.45, 2.75) is 57.6 Å². The van der Waals surface area contributed by atoms with Gasteiger partial charge in [0.2, 0.25) is 0 Å². The van der Waals surface area contributed by atoms with Gasteiger partial charge < -0.3 is 20.0 Å². The van der Waals surface area contributed by atoms with E-state index in [9.17, 15) is 14.7 Å². The first-order valence-corrected chi connectivity index (χ1v) is 7.94. The molecule has 2 N–H and O–H groups in total. The molecule has 3 atom stereocenters. The zero-order valence-electron chi connectivity index (χ0n) is 12.7. The standard InChI is InChI=1S/C15H26N2O4/c1-11(18)12-7-9-16(10-12)15(21)17-8-3-2-4-13(17)5-6-14(19)20/h11-13,18H,2-10H2,1H3,(H,19,20). The Balaban J connectivity index is 1.94. The van der Waals surface area contributed by atoms with Crippen LogP contribution in [-0.4, -0.2) is 63.8 Å². The molecule has 2 aliphatic rings. The summed E-state index contributed by atoms with van der Waals surface area (Å²) in [5.74, 6) is -0.639. The van der Waals surface area contributed by atoms with Crippen LogP contribution in [0.15, 0.2) is 0 Å². The van der Waals surface area contributed by atoms with E-state index in [1.165, 1.54) is 0 Å². The number of hydrogen-bond acceptors (Lipinski definition) is 3. The second kappa shape index (κ2) is 7.11. The van der Waals surface area contributed by atoms with Crippen LogP contribution < -0.4 is 0 Å². The number of aliphatic carboxylic acids is 1. The number of aliphatic hydroxyl groups is 1. The van der Waals surface area contributed by atoms with E-state index in [-0.39, 0.29) is 30.5 Å². The lowest BCUT2D eigenvalue weighted by molar-refractivity contribution is -0.137. The Kier molecular flexibility index (Phi) is 5.45. The second-order valence-electron chi connectivity index (χ2n) is 6.29. The largest absolute Gasteiger partial charge is 0.481 e. The number of carboxylic acid groups (broad SMARTS) is 1. The van der Waals surface area contributed by atoms with Gasteiger partial charge in [-0.15, -0.1) is 0 Å². The minimum absolute atomic E-state index is 0.0215. The number of urea groups is 1. The van der Waals surface area contributed by atoms with Gasteiger partial charge in [-0.25, -0.2) is 4.79 Å². The fourth-order valence-electron chi connectivity index (χ4n) is 3.38. The van der Waals surface area contributed by atoms with Crippen LogP contribution in [0.4, 0.5) is 4.79 Å². The molecule has 2 saturated heterocycles. The van der Waals surface area contributed by atoms with E-state index in [1.807, 2.05) is 9.80 Å². The summed E-state index contributed by atoms with van der Waals surface area (Å²) < 4.78 is 0. The number of carbonyl (C=O) groups excluding carboxylic acids is 1. The quantitative estimate of drug-likeness (QED) is 0.824. The Labute approximate surface area is 125 Å². The number of amides is 2. The van der Waals surface area contributed by atoms with E-state index < -0.39 is 5.97 Å². The predicted octanol–water partition coefficient (Wildman–Crippen LogP) is 1.53. The van der Waals surface area contributed by atoms with Gasteiger partial charge in [0.1, 0.15) is 0 Å². The Morgan fingerprint density at radius 2 is 2.00 bits per heavy atom. The minimum atomic E-state index is -0.802. The maximum Gasteiger partial charge on any atom is 0.320 e. The van der Waals surface area contributed by atoms with Gasteiger partial charge in [0.05, 0.1) is 6.10 Å². The molecule has 0 spiro atoms. The normalized spacial score (nSPS) is 27.7. The van der Waals surface area contributed by atoms with Crippen molar-refractivity contribution >= 4 is 12.0 Å². The smallest absolute Gasteiger partial charge is 0.320 e. The van der Waals surface area contributed by atoms with Crippen molar-refractivity contribution in [1.29, 1.82) is 0 Å². The molecule has 0 aromatic heterocycles. The molecule has 6 nitrogen and oxygen atoms in total. The molecule has 0 radical (unpaired) electrons. The molecule has 0 aliphatic carbocycles.